The van der Waals surface area contributed by atoms with Gasteiger partial charge in [0.1, 0.15) is 6.54 Å². The predicted molar refractivity (Wildman–Crippen MR) is 61.8 cm³/mol. The molecule has 1 aliphatic rings. The van der Waals surface area contributed by atoms with Gasteiger partial charge in [0.15, 0.2) is 5.69 Å². The lowest BCUT2D eigenvalue weighted by Gasteiger charge is -2.14. The molecule has 7 heteroatoms. The Labute approximate surface area is 105 Å². The highest BCUT2D eigenvalue weighted by Gasteiger charge is 2.19. The summed E-state index contributed by atoms with van der Waals surface area (Å²) in [6.07, 6.45) is 3.54. The number of aromatic nitrogens is 3. The highest BCUT2D eigenvalue weighted by molar-refractivity contribution is 5.86. The van der Waals surface area contributed by atoms with Crippen LogP contribution in [0.1, 0.15) is 30.3 Å². The van der Waals surface area contributed by atoms with E-state index in [0.29, 0.717) is 6.61 Å². The molecular weight excluding hydrogens is 236 g/mol. The number of ether oxygens (including phenoxy) is 1. The van der Waals surface area contributed by atoms with Crippen LogP contribution in [0, 0.1) is 0 Å². The maximum absolute atomic E-state index is 11.8. The summed E-state index contributed by atoms with van der Waals surface area (Å²) in [6, 6.07) is 0. The summed E-state index contributed by atoms with van der Waals surface area (Å²) in [7, 11) is 0. The number of rotatable bonds is 4. The summed E-state index contributed by atoms with van der Waals surface area (Å²) in [5, 5.41) is 7.43. The van der Waals surface area contributed by atoms with Gasteiger partial charge >= 0.3 is 5.97 Å². The molecule has 0 atom stereocenters. The van der Waals surface area contributed by atoms with Crippen molar-refractivity contribution in [2.24, 2.45) is 0 Å². The van der Waals surface area contributed by atoms with Gasteiger partial charge in [0.05, 0.1) is 12.8 Å². The van der Waals surface area contributed by atoms with Crippen molar-refractivity contribution in [2.75, 3.05) is 19.7 Å². The Morgan fingerprint density at radius 1 is 1.39 bits per heavy atom. The van der Waals surface area contributed by atoms with E-state index in [1.165, 1.54) is 10.9 Å². The number of carbonyl (C=O) groups excluding carboxylic acids is 2. The molecule has 0 N–H and O–H groups in total. The van der Waals surface area contributed by atoms with Crippen LogP contribution in [0.2, 0.25) is 0 Å². The number of hydrogen-bond acceptors (Lipinski definition) is 5. The van der Waals surface area contributed by atoms with E-state index in [4.69, 9.17) is 4.74 Å². The molecule has 1 fully saturated rings. The van der Waals surface area contributed by atoms with Crippen LogP contribution in [-0.4, -0.2) is 51.5 Å². The fourth-order valence-corrected chi connectivity index (χ4v) is 1.88. The van der Waals surface area contributed by atoms with E-state index in [0.717, 1.165) is 25.9 Å². The zero-order valence-corrected chi connectivity index (χ0v) is 10.3. The maximum atomic E-state index is 11.8. The number of esters is 1. The van der Waals surface area contributed by atoms with Crippen molar-refractivity contribution >= 4 is 11.9 Å². The zero-order chi connectivity index (χ0) is 13.0. The third-order valence-electron chi connectivity index (χ3n) is 2.78. The fraction of sp³-hybridized carbons (Fsp3) is 0.636. The Morgan fingerprint density at radius 2 is 2.11 bits per heavy atom. The summed E-state index contributed by atoms with van der Waals surface area (Å²) >= 11 is 0. The molecule has 0 saturated carbocycles. The van der Waals surface area contributed by atoms with Gasteiger partial charge in [0.25, 0.3) is 0 Å². The number of nitrogens with zero attached hydrogens (tertiary/aromatic N) is 4. The second kappa shape index (κ2) is 5.61. The number of hydrogen-bond donors (Lipinski definition) is 0. The zero-order valence-electron chi connectivity index (χ0n) is 10.3. The minimum atomic E-state index is -0.516. The van der Waals surface area contributed by atoms with Crippen LogP contribution < -0.4 is 0 Å². The van der Waals surface area contributed by atoms with E-state index in [9.17, 15) is 9.59 Å². The van der Waals surface area contributed by atoms with Gasteiger partial charge in [-0.2, -0.15) is 0 Å². The average molecular weight is 252 g/mol. The SMILES string of the molecule is CCOC(=O)c1cn(CC(=O)N2CCCC2)nn1. The number of carbonyl (C=O) groups is 2. The number of amides is 1. The normalized spacial score (nSPS) is 14.8. The van der Waals surface area contributed by atoms with Crippen molar-refractivity contribution in [1.82, 2.24) is 19.9 Å². The number of likely N-dealkylation sites (tertiary alicyclic amines) is 1. The molecular formula is C11H16N4O3. The Morgan fingerprint density at radius 3 is 2.78 bits per heavy atom. The molecule has 2 heterocycles. The minimum absolute atomic E-state index is 0.00723. The summed E-state index contributed by atoms with van der Waals surface area (Å²) in [5.41, 5.74) is 0.131. The van der Waals surface area contributed by atoms with Gasteiger partial charge in [-0.3, -0.25) is 4.79 Å². The van der Waals surface area contributed by atoms with Crippen LogP contribution in [0.3, 0.4) is 0 Å². The van der Waals surface area contributed by atoms with E-state index in [1.54, 1.807) is 11.8 Å². The summed E-state index contributed by atoms with van der Waals surface area (Å²) in [6.45, 7) is 3.74. The third kappa shape index (κ3) is 2.85. The topological polar surface area (TPSA) is 77.3 Å². The lowest BCUT2D eigenvalue weighted by Crippen LogP contribution is -2.31. The third-order valence-corrected chi connectivity index (χ3v) is 2.78. The van der Waals surface area contributed by atoms with E-state index >= 15 is 0 Å². The molecule has 2 rings (SSSR count). The van der Waals surface area contributed by atoms with Crippen LogP contribution in [0.25, 0.3) is 0 Å². The first-order chi connectivity index (χ1) is 8.70. The summed E-state index contributed by atoms with van der Waals surface area (Å²) in [4.78, 5) is 25.0. The summed E-state index contributed by atoms with van der Waals surface area (Å²) < 4.78 is 6.16. The largest absolute Gasteiger partial charge is 0.461 e. The summed E-state index contributed by atoms with van der Waals surface area (Å²) in [5.74, 6) is -0.509. The van der Waals surface area contributed by atoms with E-state index in [-0.39, 0.29) is 18.1 Å². The van der Waals surface area contributed by atoms with Gasteiger partial charge in [0, 0.05) is 13.1 Å². The molecule has 1 saturated heterocycles. The molecule has 0 unspecified atom stereocenters. The standard InChI is InChI=1S/C11H16N4O3/c1-2-18-11(17)9-7-15(13-12-9)8-10(16)14-5-3-4-6-14/h7H,2-6,8H2,1H3. The van der Waals surface area contributed by atoms with Gasteiger partial charge in [-0.25, -0.2) is 9.48 Å². The van der Waals surface area contributed by atoms with Crippen LogP contribution in [0.5, 0.6) is 0 Å². The molecule has 1 aromatic rings. The highest BCUT2D eigenvalue weighted by atomic mass is 16.5. The van der Waals surface area contributed by atoms with Gasteiger partial charge in [-0.15, -0.1) is 5.10 Å². The van der Waals surface area contributed by atoms with Gasteiger partial charge in [-0.1, -0.05) is 5.21 Å². The highest BCUT2D eigenvalue weighted by Crippen LogP contribution is 2.08. The lowest BCUT2D eigenvalue weighted by molar-refractivity contribution is -0.130. The molecule has 1 aliphatic heterocycles. The average Bonchev–Trinajstić information content (AvgIpc) is 2.99. The van der Waals surface area contributed by atoms with Crippen LogP contribution in [0.15, 0.2) is 6.20 Å². The first-order valence-electron chi connectivity index (χ1n) is 6.05. The monoisotopic (exact) mass is 252 g/mol. The second-order valence-electron chi connectivity index (χ2n) is 4.11. The van der Waals surface area contributed by atoms with Gasteiger partial charge in [0.2, 0.25) is 5.91 Å². The molecule has 1 amide bonds. The van der Waals surface area contributed by atoms with Crippen molar-refractivity contribution in [3.8, 4) is 0 Å². The lowest BCUT2D eigenvalue weighted by atomic mass is 10.4. The molecule has 7 nitrogen and oxygen atoms in total. The second-order valence-corrected chi connectivity index (χ2v) is 4.11. The Bertz CT molecular complexity index is 437. The van der Waals surface area contributed by atoms with Crippen LogP contribution in [0.4, 0.5) is 0 Å². The molecule has 98 valence electrons. The van der Waals surface area contributed by atoms with Crippen LogP contribution >= 0.6 is 0 Å². The quantitative estimate of drug-likeness (QED) is 0.709. The first-order valence-corrected chi connectivity index (χ1v) is 6.05. The Balaban J connectivity index is 1.93. The fourth-order valence-electron chi connectivity index (χ4n) is 1.88. The molecule has 0 bridgehead atoms. The van der Waals surface area contributed by atoms with Gasteiger partial charge in [-0.05, 0) is 19.8 Å². The Hall–Kier alpha value is -1.92. The molecule has 0 aromatic carbocycles. The maximum Gasteiger partial charge on any atom is 0.360 e. The molecule has 0 spiro atoms. The first kappa shape index (κ1) is 12.5. The minimum Gasteiger partial charge on any atom is -0.461 e. The smallest absolute Gasteiger partial charge is 0.360 e. The van der Waals surface area contributed by atoms with E-state index < -0.39 is 5.97 Å². The molecule has 1 aromatic heterocycles. The van der Waals surface area contributed by atoms with Crippen LogP contribution in [-0.2, 0) is 16.1 Å². The molecule has 0 aliphatic carbocycles. The van der Waals surface area contributed by atoms with Crippen molar-refractivity contribution in [3.63, 3.8) is 0 Å². The Kier molecular flexibility index (Phi) is 3.91. The van der Waals surface area contributed by atoms with Crippen molar-refractivity contribution in [2.45, 2.75) is 26.3 Å². The van der Waals surface area contributed by atoms with Gasteiger partial charge < -0.3 is 9.64 Å². The van der Waals surface area contributed by atoms with Crippen molar-refractivity contribution in [1.29, 1.82) is 0 Å². The predicted octanol–water partition coefficient (Wildman–Crippen LogP) is 0.0772. The van der Waals surface area contributed by atoms with Crippen molar-refractivity contribution < 1.29 is 14.3 Å². The molecule has 0 radical (unpaired) electrons. The van der Waals surface area contributed by atoms with E-state index in [1.807, 2.05) is 0 Å². The van der Waals surface area contributed by atoms with Crippen molar-refractivity contribution in [3.05, 3.63) is 11.9 Å². The van der Waals surface area contributed by atoms with E-state index in [2.05, 4.69) is 10.3 Å². The molecule has 18 heavy (non-hydrogen) atoms.